The maximum atomic E-state index is 13.2. The van der Waals surface area contributed by atoms with Gasteiger partial charge >= 0.3 is 0 Å². The fraction of sp³-hybridized carbons (Fsp3) is 0.400. The number of rotatable bonds is 5. The first-order valence-electron chi connectivity index (χ1n) is 7.22. The third-order valence-electron chi connectivity index (χ3n) is 3.61. The molecule has 9 heteroatoms. The summed E-state index contributed by atoms with van der Waals surface area (Å²) >= 11 is 5.66. The molecule has 1 N–H and O–H groups in total. The van der Waals surface area contributed by atoms with Gasteiger partial charge in [-0.25, -0.2) is 12.8 Å². The molecule has 1 saturated heterocycles. The third-order valence-corrected chi connectivity index (χ3v) is 5.80. The van der Waals surface area contributed by atoms with Crippen molar-refractivity contribution in [1.29, 1.82) is 0 Å². The van der Waals surface area contributed by atoms with Crippen LogP contribution >= 0.6 is 11.6 Å². The summed E-state index contributed by atoms with van der Waals surface area (Å²) in [5, 5.41) is 2.32. The van der Waals surface area contributed by atoms with Gasteiger partial charge in [0.05, 0.1) is 23.0 Å². The van der Waals surface area contributed by atoms with Gasteiger partial charge in [0.1, 0.15) is 5.82 Å². The Kier molecular flexibility index (Phi) is 6.18. The molecule has 0 bridgehead atoms. The van der Waals surface area contributed by atoms with Crippen molar-refractivity contribution < 1.29 is 17.6 Å². The minimum absolute atomic E-state index is 0.0471. The molecule has 130 valence electrons. The largest absolute Gasteiger partial charge is 0.344 e. The molecular weight excluding hydrogens is 357 g/mol. The number of hydrogen-bond donors (Lipinski definition) is 1. The zero-order valence-corrected chi connectivity index (χ0v) is 14.4. The molecule has 0 atom stereocenters. The van der Waals surface area contributed by atoms with Gasteiger partial charge in [-0.1, -0.05) is 17.5 Å². The van der Waals surface area contributed by atoms with E-state index in [2.05, 4.69) is 11.2 Å². The number of piperazine rings is 1. The van der Waals surface area contributed by atoms with E-state index in [1.54, 1.807) is 0 Å². The highest BCUT2D eigenvalue weighted by Crippen LogP contribution is 2.23. The van der Waals surface area contributed by atoms with Crippen molar-refractivity contribution in [2.24, 2.45) is 0 Å². The van der Waals surface area contributed by atoms with Gasteiger partial charge < -0.3 is 5.32 Å². The second-order valence-corrected chi connectivity index (χ2v) is 7.58. The Morgan fingerprint density at radius 1 is 1.33 bits per heavy atom. The minimum atomic E-state index is -3.74. The predicted molar refractivity (Wildman–Crippen MR) is 88.5 cm³/mol. The second kappa shape index (κ2) is 7.94. The van der Waals surface area contributed by atoms with Gasteiger partial charge in [-0.05, 0) is 18.2 Å². The number of amides is 1. The fourth-order valence-corrected chi connectivity index (χ4v) is 4.02. The number of nitrogens with zero attached hydrogens (tertiary/aromatic N) is 2. The van der Waals surface area contributed by atoms with Crippen molar-refractivity contribution in [3.05, 3.63) is 29.0 Å². The van der Waals surface area contributed by atoms with Crippen LogP contribution in [0.5, 0.6) is 0 Å². The van der Waals surface area contributed by atoms with Crippen LogP contribution in [0.15, 0.2) is 23.1 Å². The molecular formula is C15H17ClFN3O3S. The van der Waals surface area contributed by atoms with Crippen molar-refractivity contribution in [1.82, 2.24) is 14.5 Å². The quantitative estimate of drug-likeness (QED) is 0.765. The van der Waals surface area contributed by atoms with E-state index in [1.165, 1.54) is 10.4 Å². The summed E-state index contributed by atoms with van der Waals surface area (Å²) < 4.78 is 39.6. The molecule has 1 amide bonds. The third kappa shape index (κ3) is 4.45. The number of sulfonamides is 1. The van der Waals surface area contributed by atoms with Gasteiger partial charge in [0.15, 0.2) is 0 Å². The van der Waals surface area contributed by atoms with Crippen LogP contribution in [0.2, 0.25) is 5.02 Å². The van der Waals surface area contributed by atoms with Gasteiger partial charge in [-0.15, -0.1) is 6.42 Å². The van der Waals surface area contributed by atoms with Crippen LogP contribution < -0.4 is 5.32 Å². The number of nitrogens with one attached hydrogen (secondary N) is 1. The molecule has 1 fully saturated rings. The molecule has 2 rings (SSSR count). The topological polar surface area (TPSA) is 69.7 Å². The molecule has 1 heterocycles. The minimum Gasteiger partial charge on any atom is -0.344 e. The molecule has 1 aromatic rings. The van der Waals surface area contributed by atoms with Crippen molar-refractivity contribution in [3.8, 4) is 12.3 Å². The Labute approximate surface area is 145 Å². The monoisotopic (exact) mass is 373 g/mol. The molecule has 24 heavy (non-hydrogen) atoms. The average Bonchev–Trinajstić information content (AvgIpc) is 2.56. The number of halogens is 2. The first-order valence-corrected chi connectivity index (χ1v) is 9.04. The molecule has 0 unspecified atom stereocenters. The van der Waals surface area contributed by atoms with E-state index in [4.69, 9.17) is 18.0 Å². The van der Waals surface area contributed by atoms with Gasteiger partial charge in [0, 0.05) is 26.2 Å². The maximum absolute atomic E-state index is 13.2. The average molecular weight is 374 g/mol. The number of carbonyl (C=O) groups excluding carboxylic acids is 1. The molecule has 0 aliphatic carbocycles. The van der Waals surface area contributed by atoms with Crippen LogP contribution in [-0.2, 0) is 14.8 Å². The van der Waals surface area contributed by atoms with E-state index >= 15 is 0 Å². The summed E-state index contributed by atoms with van der Waals surface area (Å²) in [6.45, 7) is 1.63. The van der Waals surface area contributed by atoms with Crippen molar-refractivity contribution in [3.63, 3.8) is 0 Å². The first kappa shape index (κ1) is 18.7. The number of terminal acetylenes is 1. The van der Waals surface area contributed by atoms with E-state index in [9.17, 15) is 17.6 Å². The van der Waals surface area contributed by atoms with E-state index in [1.807, 2.05) is 4.90 Å². The van der Waals surface area contributed by atoms with Crippen LogP contribution in [0, 0.1) is 18.2 Å². The van der Waals surface area contributed by atoms with Crippen LogP contribution in [0.25, 0.3) is 0 Å². The normalized spacial score (nSPS) is 16.5. The Balaban J connectivity index is 1.97. The molecule has 1 aromatic carbocycles. The zero-order valence-electron chi connectivity index (χ0n) is 12.8. The maximum Gasteiger partial charge on any atom is 0.243 e. The molecule has 6 nitrogen and oxygen atoms in total. The lowest BCUT2D eigenvalue weighted by molar-refractivity contribution is -0.122. The SMILES string of the molecule is C#CCNC(=O)CN1CCN(S(=O)(=O)c2ccc(F)c(Cl)c2)CC1. The Morgan fingerprint density at radius 2 is 2.00 bits per heavy atom. The fourth-order valence-electron chi connectivity index (χ4n) is 2.32. The summed E-state index contributed by atoms with van der Waals surface area (Å²) in [4.78, 5) is 13.4. The highest BCUT2D eigenvalue weighted by molar-refractivity contribution is 7.89. The summed E-state index contributed by atoms with van der Waals surface area (Å²) in [5.74, 6) is 1.45. The van der Waals surface area contributed by atoms with Crippen LogP contribution in [0.4, 0.5) is 4.39 Å². The Bertz CT molecular complexity index is 756. The lowest BCUT2D eigenvalue weighted by Gasteiger charge is -2.33. The standard InChI is InChI=1S/C15H17ClFN3O3S/c1-2-5-18-15(21)11-19-6-8-20(9-7-19)24(22,23)12-3-4-14(17)13(16)10-12/h1,3-4,10H,5-9,11H2,(H,18,21). The summed E-state index contributed by atoms with van der Waals surface area (Å²) in [6, 6.07) is 3.32. The van der Waals surface area contributed by atoms with Gasteiger partial charge in [-0.3, -0.25) is 9.69 Å². The number of benzene rings is 1. The van der Waals surface area contributed by atoms with Gasteiger partial charge in [0.25, 0.3) is 0 Å². The Morgan fingerprint density at radius 3 is 2.58 bits per heavy atom. The van der Waals surface area contributed by atoms with E-state index < -0.39 is 15.8 Å². The molecule has 0 radical (unpaired) electrons. The number of carbonyl (C=O) groups is 1. The summed E-state index contributed by atoms with van der Waals surface area (Å²) in [7, 11) is -3.74. The van der Waals surface area contributed by atoms with E-state index in [-0.39, 0.29) is 42.0 Å². The van der Waals surface area contributed by atoms with Crippen molar-refractivity contribution in [2.45, 2.75) is 4.90 Å². The zero-order chi connectivity index (χ0) is 17.7. The molecule has 0 spiro atoms. The molecule has 1 aliphatic heterocycles. The van der Waals surface area contributed by atoms with Gasteiger partial charge in [-0.2, -0.15) is 4.31 Å². The highest BCUT2D eigenvalue weighted by atomic mass is 35.5. The Hall–Kier alpha value is -1.66. The second-order valence-electron chi connectivity index (χ2n) is 5.24. The number of hydrogen-bond acceptors (Lipinski definition) is 4. The summed E-state index contributed by atoms with van der Waals surface area (Å²) in [6.07, 6.45) is 5.07. The first-order chi connectivity index (χ1) is 11.3. The smallest absolute Gasteiger partial charge is 0.243 e. The van der Waals surface area contributed by atoms with Crippen LogP contribution in [0.3, 0.4) is 0 Å². The van der Waals surface area contributed by atoms with Crippen molar-refractivity contribution in [2.75, 3.05) is 39.3 Å². The lowest BCUT2D eigenvalue weighted by Crippen LogP contribution is -2.51. The van der Waals surface area contributed by atoms with E-state index in [0.717, 1.165) is 12.1 Å². The molecule has 0 aromatic heterocycles. The van der Waals surface area contributed by atoms with Crippen molar-refractivity contribution >= 4 is 27.5 Å². The van der Waals surface area contributed by atoms with Gasteiger partial charge in [0.2, 0.25) is 15.9 Å². The lowest BCUT2D eigenvalue weighted by atomic mass is 10.3. The van der Waals surface area contributed by atoms with E-state index in [0.29, 0.717) is 13.1 Å². The predicted octanol–water partition coefficient (Wildman–Crippen LogP) is 0.535. The van der Waals surface area contributed by atoms with Crippen LogP contribution in [0.1, 0.15) is 0 Å². The molecule has 0 saturated carbocycles. The summed E-state index contributed by atoms with van der Waals surface area (Å²) in [5.41, 5.74) is 0. The van der Waals surface area contributed by atoms with Crippen LogP contribution in [-0.4, -0.2) is 62.8 Å². The molecule has 1 aliphatic rings. The highest BCUT2D eigenvalue weighted by Gasteiger charge is 2.29.